The number of fused-ring (bicyclic) bond motifs is 10. The van der Waals surface area contributed by atoms with Crippen LogP contribution in [-0.4, -0.2) is 10.1 Å². The first-order valence-corrected chi connectivity index (χ1v) is 17.1. The molecule has 1 N–H and O–H groups in total. The van der Waals surface area contributed by atoms with Crippen LogP contribution < -0.4 is 0 Å². The minimum absolute atomic E-state index is 0.213. The van der Waals surface area contributed by atoms with Crippen molar-refractivity contribution in [1.82, 2.24) is 4.98 Å². The molecule has 0 bridgehead atoms. The highest BCUT2D eigenvalue weighted by Crippen LogP contribution is 2.63. The zero-order chi connectivity index (χ0) is 33.2. The van der Waals surface area contributed by atoms with Gasteiger partial charge >= 0.3 is 0 Å². The van der Waals surface area contributed by atoms with Crippen LogP contribution in [0.3, 0.4) is 0 Å². The van der Waals surface area contributed by atoms with Crippen LogP contribution in [0.15, 0.2) is 182 Å². The van der Waals surface area contributed by atoms with Crippen molar-refractivity contribution < 1.29 is 5.11 Å². The predicted octanol–water partition coefficient (Wildman–Crippen LogP) is 11.8. The lowest BCUT2D eigenvalue weighted by Gasteiger charge is -2.30. The molecule has 0 aliphatic heterocycles. The fraction of sp³-hybridized carbons (Fsp3) is 0.0208. The first-order valence-electron chi connectivity index (χ1n) is 17.1. The predicted molar refractivity (Wildman–Crippen MR) is 204 cm³/mol. The van der Waals surface area contributed by atoms with Gasteiger partial charge in [-0.05, 0) is 97.1 Å². The second-order valence-electron chi connectivity index (χ2n) is 13.2. The Labute approximate surface area is 291 Å². The molecule has 0 atom stereocenters. The Hall–Kier alpha value is -6.51. The van der Waals surface area contributed by atoms with Gasteiger partial charge in [0.15, 0.2) is 0 Å². The lowest BCUT2D eigenvalue weighted by molar-refractivity contribution is 0.476. The number of hydrogen-bond acceptors (Lipinski definition) is 2. The van der Waals surface area contributed by atoms with Crippen LogP contribution in [0.2, 0.25) is 0 Å². The van der Waals surface area contributed by atoms with Crippen molar-refractivity contribution in [1.29, 1.82) is 0 Å². The number of aromatic nitrogens is 1. The third-order valence-electron chi connectivity index (χ3n) is 10.6. The normalized spacial score (nSPS) is 13.0. The number of hydrogen-bond donors (Lipinski definition) is 1. The number of benzene rings is 7. The van der Waals surface area contributed by atoms with Crippen molar-refractivity contribution in [2.24, 2.45) is 0 Å². The Balaban J connectivity index is 1.25. The van der Waals surface area contributed by atoms with Gasteiger partial charge in [-0.15, -0.1) is 0 Å². The Bertz CT molecular complexity index is 2560. The van der Waals surface area contributed by atoms with Gasteiger partial charge in [-0.25, -0.2) is 4.98 Å². The van der Waals surface area contributed by atoms with Crippen LogP contribution in [0.5, 0.6) is 5.75 Å². The van der Waals surface area contributed by atoms with Crippen LogP contribution in [0.4, 0.5) is 0 Å². The van der Waals surface area contributed by atoms with Gasteiger partial charge in [0.05, 0.1) is 16.8 Å². The molecule has 0 amide bonds. The molecule has 10 rings (SSSR count). The number of phenols is 1. The monoisotopic (exact) mass is 637 g/mol. The summed E-state index contributed by atoms with van der Waals surface area (Å²) in [6.07, 6.45) is 0. The van der Waals surface area contributed by atoms with E-state index in [-0.39, 0.29) is 5.75 Å². The molecule has 50 heavy (non-hydrogen) atoms. The van der Waals surface area contributed by atoms with E-state index in [0.29, 0.717) is 0 Å². The van der Waals surface area contributed by atoms with Gasteiger partial charge in [0.2, 0.25) is 0 Å². The minimum Gasteiger partial charge on any atom is -0.508 e. The summed E-state index contributed by atoms with van der Waals surface area (Å²) in [5, 5.41) is 11.0. The van der Waals surface area contributed by atoms with Crippen LogP contribution >= 0.6 is 0 Å². The van der Waals surface area contributed by atoms with E-state index in [1.807, 2.05) is 36.4 Å². The third-order valence-corrected chi connectivity index (χ3v) is 10.6. The Kier molecular flexibility index (Phi) is 6.28. The molecular weight excluding hydrogens is 607 g/mol. The summed E-state index contributed by atoms with van der Waals surface area (Å²) in [4.78, 5) is 5.42. The van der Waals surface area contributed by atoms with E-state index in [0.717, 1.165) is 44.8 Å². The molecule has 0 saturated heterocycles. The minimum atomic E-state index is -0.426. The van der Waals surface area contributed by atoms with Crippen molar-refractivity contribution >= 4 is 0 Å². The number of pyridine rings is 1. The maximum Gasteiger partial charge on any atom is 0.116 e. The van der Waals surface area contributed by atoms with Crippen molar-refractivity contribution in [3.05, 3.63) is 204 Å². The maximum atomic E-state index is 11.0. The highest BCUT2D eigenvalue weighted by atomic mass is 16.3. The molecular formula is C48H31NO. The Morgan fingerprint density at radius 2 is 0.800 bits per heavy atom. The first kappa shape index (κ1) is 28.5. The molecule has 0 unspecified atom stereocenters. The van der Waals surface area contributed by atoms with E-state index in [9.17, 15) is 5.11 Å². The van der Waals surface area contributed by atoms with Gasteiger partial charge in [0.25, 0.3) is 0 Å². The van der Waals surface area contributed by atoms with E-state index in [1.165, 1.54) is 44.5 Å². The van der Waals surface area contributed by atoms with Crippen molar-refractivity contribution in [3.63, 3.8) is 0 Å². The van der Waals surface area contributed by atoms with Gasteiger partial charge in [-0.3, -0.25) is 0 Å². The Morgan fingerprint density at radius 3 is 1.44 bits per heavy atom. The van der Waals surface area contributed by atoms with E-state index in [2.05, 4.69) is 146 Å². The summed E-state index contributed by atoms with van der Waals surface area (Å²) < 4.78 is 0. The molecule has 2 aliphatic rings. The van der Waals surface area contributed by atoms with Crippen molar-refractivity contribution in [2.45, 2.75) is 5.41 Å². The zero-order valence-corrected chi connectivity index (χ0v) is 27.2. The topological polar surface area (TPSA) is 33.1 Å². The molecule has 1 heterocycles. The van der Waals surface area contributed by atoms with Crippen molar-refractivity contribution in [3.8, 4) is 72.8 Å². The molecule has 1 aromatic heterocycles. The fourth-order valence-electron chi connectivity index (χ4n) is 8.53. The van der Waals surface area contributed by atoms with Gasteiger partial charge in [0.1, 0.15) is 5.75 Å². The molecule has 2 nitrogen and oxygen atoms in total. The molecule has 1 spiro atoms. The number of aromatic hydroxyl groups is 1. The molecule has 2 heteroatoms. The summed E-state index contributed by atoms with van der Waals surface area (Å²) in [6, 6.07) is 64.3. The molecule has 0 radical (unpaired) electrons. The highest BCUT2D eigenvalue weighted by Gasteiger charge is 2.52. The maximum absolute atomic E-state index is 11.0. The van der Waals surface area contributed by atoms with Crippen LogP contribution in [0.1, 0.15) is 22.3 Å². The second kappa shape index (κ2) is 11.0. The first-order chi connectivity index (χ1) is 24.7. The number of nitrogens with zero attached hydrogens (tertiary/aromatic N) is 1. The summed E-state index contributed by atoms with van der Waals surface area (Å²) in [7, 11) is 0. The van der Waals surface area contributed by atoms with E-state index >= 15 is 0 Å². The van der Waals surface area contributed by atoms with Gasteiger partial charge in [-0.1, -0.05) is 152 Å². The molecule has 8 aromatic rings. The molecule has 2 aliphatic carbocycles. The largest absolute Gasteiger partial charge is 0.508 e. The van der Waals surface area contributed by atoms with Gasteiger partial charge < -0.3 is 5.11 Å². The number of phenolic OH excluding ortho intramolecular Hbond substituents is 1. The summed E-state index contributed by atoms with van der Waals surface area (Å²) in [5.74, 6) is 0.213. The quantitative estimate of drug-likeness (QED) is 0.208. The molecule has 0 saturated carbocycles. The summed E-state index contributed by atoms with van der Waals surface area (Å²) >= 11 is 0. The summed E-state index contributed by atoms with van der Waals surface area (Å²) in [6.45, 7) is 0. The van der Waals surface area contributed by atoms with Gasteiger partial charge in [-0.2, -0.15) is 0 Å². The number of rotatable bonds is 4. The highest BCUT2D eigenvalue weighted by molar-refractivity contribution is 6.00. The molecule has 7 aromatic carbocycles. The average Bonchev–Trinajstić information content (AvgIpc) is 3.66. The van der Waals surface area contributed by atoms with E-state index in [1.54, 1.807) is 0 Å². The fourth-order valence-corrected chi connectivity index (χ4v) is 8.53. The standard InChI is InChI=1S/C48H31NO/c50-36-27-33(31-14-3-1-4-15-31)26-35(28-36)45-29-34(32-16-5-2-6-17-32)30-46(49-45)40-21-13-25-44-47(40)39-20-9-12-24-43(39)48(44)41-22-10-7-18-37(41)38-19-8-11-23-42(38)48/h1-30,50H. The summed E-state index contributed by atoms with van der Waals surface area (Å²) in [5.41, 5.74) is 17.7. The average molecular weight is 638 g/mol. The van der Waals surface area contributed by atoms with Crippen molar-refractivity contribution in [2.75, 3.05) is 0 Å². The van der Waals surface area contributed by atoms with Crippen LogP contribution in [-0.2, 0) is 5.41 Å². The zero-order valence-electron chi connectivity index (χ0n) is 27.2. The van der Waals surface area contributed by atoms with E-state index < -0.39 is 5.41 Å². The molecule has 0 fully saturated rings. The van der Waals surface area contributed by atoms with E-state index in [4.69, 9.17) is 4.98 Å². The molecule has 234 valence electrons. The Morgan fingerprint density at radius 1 is 0.340 bits per heavy atom. The second-order valence-corrected chi connectivity index (χ2v) is 13.2. The SMILES string of the molecule is Oc1cc(-c2ccccc2)cc(-c2cc(-c3ccccc3)cc(-c3cccc4c3-c3ccccc3C43c4ccccc4-c4ccccc43)n2)c1. The smallest absolute Gasteiger partial charge is 0.116 e. The van der Waals surface area contributed by atoms with Gasteiger partial charge in [0, 0.05) is 11.1 Å². The third kappa shape index (κ3) is 4.12. The lowest BCUT2D eigenvalue weighted by Crippen LogP contribution is -2.25. The van der Waals surface area contributed by atoms with Crippen LogP contribution in [0, 0.1) is 0 Å². The van der Waals surface area contributed by atoms with Crippen LogP contribution in [0.25, 0.3) is 67.0 Å². The lowest BCUT2D eigenvalue weighted by atomic mass is 9.70.